The highest BCUT2D eigenvalue weighted by molar-refractivity contribution is 5.83. The molecule has 0 saturated carbocycles. The van der Waals surface area contributed by atoms with Gasteiger partial charge >= 0.3 is 0 Å². The number of amides is 1. The molecule has 3 aromatic rings. The summed E-state index contributed by atoms with van der Waals surface area (Å²) in [6.45, 7) is 7.72. The predicted octanol–water partition coefficient (Wildman–Crippen LogP) is 3.49. The fourth-order valence-electron chi connectivity index (χ4n) is 3.62. The Morgan fingerprint density at radius 2 is 1.72 bits per heavy atom. The number of carbonyl (C=O) groups is 1. The van der Waals surface area contributed by atoms with Gasteiger partial charge in [0.15, 0.2) is 5.82 Å². The lowest BCUT2D eigenvalue weighted by molar-refractivity contribution is -0.134. The molecular formula is C23H26N4O2. The maximum Gasteiger partial charge on any atom is 0.257 e. The Morgan fingerprint density at radius 3 is 2.41 bits per heavy atom. The number of aryl methyl sites for hydroxylation is 1. The topological polar surface area (TPSA) is 62.5 Å². The van der Waals surface area contributed by atoms with Crippen molar-refractivity contribution in [3.05, 3.63) is 71.5 Å². The molecule has 6 heteroatoms. The zero-order valence-electron chi connectivity index (χ0n) is 16.9. The van der Waals surface area contributed by atoms with Crippen LogP contribution in [-0.4, -0.2) is 52.0 Å². The first-order chi connectivity index (χ1) is 14.1. The van der Waals surface area contributed by atoms with Gasteiger partial charge in [-0.3, -0.25) is 9.69 Å². The minimum absolute atomic E-state index is 0.114. The molecule has 0 N–H and O–H groups in total. The standard InChI is InChI=1S/C23H26N4O2/c1-17-8-10-20(11-9-17)22-24-21(25-29-22)16-26-12-14-27(15-13-26)23(28)18(2)19-6-4-3-5-7-19/h3-11,18H,12-16H2,1-2H3/t18-/m1/s1. The van der Waals surface area contributed by atoms with Crippen molar-refractivity contribution in [2.75, 3.05) is 26.2 Å². The first kappa shape index (κ1) is 19.3. The van der Waals surface area contributed by atoms with Crippen LogP contribution in [0.1, 0.15) is 29.8 Å². The smallest absolute Gasteiger partial charge is 0.257 e. The molecule has 1 atom stereocenters. The van der Waals surface area contributed by atoms with Crippen molar-refractivity contribution in [3.8, 4) is 11.5 Å². The monoisotopic (exact) mass is 390 g/mol. The van der Waals surface area contributed by atoms with Crippen LogP contribution in [0, 0.1) is 6.92 Å². The molecule has 1 fully saturated rings. The number of benzene rings is 2. The number of piperazine rings is 1. The number of aromatic nitrogens is 2. The van der Waals surface area contributed by atoms with E-state index in [9.17, 15) is 4.79 Å². The molecule has 1 aliphatic heterocycles. The SMILES string of the molecule is Cc1ccc(-c2nc(CN3CCN(C(=O)[C@H](C)c4ccccc4)CC3)no2)cc1. The van der Waals surface area contributed by atoms with Crippen LogP contribution in [0.15, 0.2) is 59.1 Å². The Bertz CT molecular complexity index is 945. The molecule has 6 nitrogen and oxygen atoms in total. The average Bonchev–Trinajstić information content (AvgIpc) is 3.23. The summed E-state index contributed by atoms with van der Waals surface area (Å²) in [5.74, 6) is 1.30. The minimum Gasteiger partial charge on any atom is -0.340 e. The summed E-state index contributed by atoms with van der Waals surface area (Å²) in [6, 6.07) is 18.0. The molecule has 150 valence electrons. The van der Waals surface area contributed by atoms with Crippen LogP contribution in [0.5, 0.6) is 0 Å². The Balaban J connectivity index is 1.31. The molecule has 2 aromatic carbocycles. The summed E-state index contributed by atoms with van der Waals surface area (Å²) >= 11 is 0. The number of hydrogen-bond donors (Lipinski definition) is 0. The van der Waals surface area contributed by atoms with Crippen LogP contribution in [0.25, 0.3) is 11.5 Å². The molecule has 0 bridgehead atoms. The number of rotatable bonds is 5. The maximum absolute atomic E-state index is 12.8. The van der Waals surface area contributed by atoms with E-state index in [1.54, 1.807) is 0 Å². The second-order valence-corrected chi connectivity index (χ2v) is 7.62. The predicted molar refractivity (Wildman–Crippen MR) is 111 cm³/mol. The average molecular weight is 390 g/mol. The van der Waals surface area contributed by atoms with E-state index < -0.39 is 0 Å². The molecule has 0 unspecified atom stereocenters. The lowest BCUT2D eigenvalue weighted by Gasteiger charge is -2.35. The molecule has 2 heterocycles. The molecular weight excluding hydrogens is 364 g/mol. The maximum atomic E-state index is 12.8. The number of hydrogen-bond acceptors (Lipinski definition) is 5. The minimum atomic E-state index is -0.114. The first-order valence-electron chi connectivity index (χ1n) is 10.1. The summed E-state index contributed by atoms with van der Waals surface area (Å²) in [7, 11) is 0. The van der Waals surface area contributed by atoms with Gasteiger partial charge in [0.25, 0.3) is 5.89 Å². The normalized spacial score (nSPS) is 16.0. The first-order valence-corrected chi connectivity index (χ1v) is 10.1. The number of carbonyl (C=O) groups excluding carboxylic acids is 1. The lowest BCUT2D eigenvalue weighted by Crippen LogP contribution is -2.49. The van der Waals surface area contributed by atoms with E-state index in [0.717, 1.165) is 37.3 Å². The summed E-state index contributed by atoms with van der Waals surface area (Å²) in [5.41, 5.74) is 3.19. The molecule has 0 aliphatic carbocycles. The van der Waals surface area contributed by atoms with Crippen molar-refractivity contribution in [1.82, 2.24) is 19.9 Å². The van der Waals surface area contributed by atoms with E-state index in [1.165, 1.54) is 5.56 Å². The van der Waals surface area contributed by atoms with Crippen LogP contribution >= 0.6 is 0 Å². The van der Waals surface area contributed by atoms with Gasteiger partial charge in [0.2, 0.25) is 5.91 Å². The fraction of sp³-hybridized carbons (Fsp3) is 0.348. The van der Waals surface area contributed by atoms with Crippen molar-refractivity contribution in [2.24, 2.45) is 0 Å². The molecule has 1 aromatic heterocycles. The Hall–Kier alpha value is -2.99. The Morgan fingerprint density at radius 1 is 1.03 bits per heavy atom. The highest BCUT2D eigenvalue weighted by Gasteiger charge is 2.26. The summed E-state index contributed by atoms with van der Waals surface area (Å²) < 4.78 is 5.42. The van der Waals surface area contributed by atoms with Crippen LogP contribution < -0.4 is 0 Å². The zero-order valence-corrected chi connectivity index (χ0v) is 16.9. The van der Waals surface area contributed by atoms with E-state index in [1.807, 2.05) is 73.3 Å². The van der Waals surface area contributed by atoms with Crippen molar-refractivity contribution in [2.45, 2.75) is 26.3 Å². The third-order valence-electron chi connectivity index (χ3n) is 5.49. The van der Waals surface area contributed by atoms with Gasteiger partial charge in [-0.15, -0.1) is 0 Å². The van der Waals surface area contributed by atoms with Gasteiger partial charge in [0.1, 0.15) is 0 Å². The summed E-state index contributed by atoms with van der Waals surface area (Å²) in [4.78, 5) is 21.6. The van der Waals surface area contributed by atoms with Crippen LogP contribution in [0.2, 0.25) is 0 Å². The summed E-state index contributed by atoms with van der Waals surface area (Å²) in [6.07, 6.45) is 0. The van der Waals surface area contributed by atoms with E-state index in [0.29, 0.717) is 18.3 Å². The van der Waals surface area contributed by atoms with Crippen LogP contribution in [0.4, 0.5) is 0 Å². The van der Waals surface area contributed by atoms with Crippen molar-refractivity contribution in [1.29, 1.82) is 0 Å². The largest absolute Gasteiger partial charge is 0.340 e. The van der Waals surface area contributed by atoms with Gasteiger partial charge < -0.3 is 9.42 Å². The second-order valence-electron chi connectivity index (χ2n) is 7.62. The van der Waals surface area contributed by atoms with E-state index in [2.05, 4.69) is 15.0 Å². The molecule has 29 heavy (non-hydrogen) atoms. The highest BCUT2D eigenvalue weighted by Crippen LogP contribution is 2.20. The van der Waals surface area contributed by atoms with Gasteiger partial charge in [-0.2, -0.15) is 4.98 Å². The van der Waals surface area contributed by atoms with Gasteiger partial charge in [0, 0.05) is 31.7 Å². The van der Waals surface area contributed by atoms with Gasteiger partial charge in [-0.05, 0) is 31.5 Å². The van der Waals surface area contributed by atoms with Gasteiger partial charge in [0.05, 0.1) is 12.5 Å². The number of nitrogens with zero attached hydrogens (tertiary/aromatic N) is 4. The van der Waals surface area contributed by atoms with Crippen LogP contribution in [-0.2, 0) is 11.3 Å². The molecule has 1 saturated heterocycles. The molecule has 0 radical (unpaired) electrons. The van der Waals surface area contributed by atoms with Crippen molar-refractivity contribution < 1.29 is 9.32 Å². The Labute approximate surface area is 171 Å². The van der Waals surface area contributed by atoms with Crippen molar-refractivity contribution in [3.63, 3.8) is 0 Å². The quantitative estimate of drug-likeness (QED) is 0.667. The van der Waals surface area contributed by atoms with E-state index >= 15 is 0 Å². The second kappa shape index (κ2) is 8.57. The molecule has 1 amide bonds. The fourth-order valence-corrected chi connectivity index (χ4v) is 3.62. The lowest BCUT2D eigenvalue weighted by atomic mass is 9.99. The third kappa shape index (κ3) is 4.54. The van der Waals surface area contributed by atoms with E-state index in [4.69, 9.17) is 4.52 Å². The van der Waals surface area contributed by atoms with Gasteiger partial charge in [-0.25, -0.2) is 0 Å². The summed E-state index contributed by atoms with van der Waals surface area (Å²) in [5, 5.41) is 4.12. The van der Waals surface area contributed by atoms with E-state index in [-0.39, 0.29) is 11.8 Å². The Kier molecular flexibility index (Phi) is 5.71. The molecule has 0 spiro atoms. The van der Waals surface area contributed by atoms with Crippen LogP contribution in [0.3, 0.4) is 0 Å². The zero-order chi connectivity index (χ0) is 20.2. The van der Waals surface area contributed by atoms with Gasteiger partial charge in [-0.1, -0.05) is 53.2 Å². The van der Waals surface area contributed by atoms with Crippen molar-refractivity contribution >= 4 is 5.91 Å². The molecule has 1 aliphatic rings. The highest BCUT2D eigenvalue weighted by atomic mass is 16.5. The molecule has 4 rings (SSSR count). The third-order valence-corrected chi connectivity index (χ3v) is 5.49.